The van der Waals surface area contributed by atoms with Crippen molar-refractivity contribution in [1.82, 2.24) is 4.31 Å². The summed E-state index contributed by atoms with van der Waals surface area (Å²) in [5, 5.41) is 8.67. The minimum atomic E-state index is -3.75. The molecular formula is C10H12N2O4S2. The van der Waals surface area contributed by atoms with Gasteiger partial charge in [0.05, 0.1) is 7.11 Å². The van der Waals surface area contributed by atoms with Gasteiger partial charge in [0.1, 0.15) is 21.7 Å². The molecule has 0 fully saturated rings. The SMILES string of the molecule is CCN(CC(=O)OC)S(=O)(=O)c1ccc(C#N)s1. The van der Waals surface area contributed by atoms with Crippen LogP contribution in [0.4, 0.5) is 0 Å². The highest BCUT2D eigenvalue weighted by Gasteiger charge is 2.27. The van der Waals surface area contributed by atoms with Crippen LogP contribution in [-0.4, -0.2) is 38.9 Å². The van der Waals surface area contributed by atoms with Gasteiger partial charge < -0.3 is 4.74 Å². The van der Waals surface area contributed by atoms with Crippen molar-refractivity contribution >= 4 is 27.3 Å². The molecule has 6 nitrogen and oxygen atoms in total. The number of esters is 1. The van der Waals surface area contributed by atoms with E-state index >= 15 is 0 Å². The van der Waals surface area contributed by atoms with Crippen molar-refractivity contribution in [3.8, 4) is 6.07 Å². The first kappa shape index (κ1) is 14.6. The van der Waals surface area contributed by atoms with Crippen LogP contribution in [0.25, 0.3) is 0 Å². The average Bonchev–Trinajstić information content (AvgIpc) is 2.84. The molecule has 0 bridgehead atoms. The van der Waals surface area contributed by atoms with E-state index in [4.69, 9.17) is 5.26 Å². The molecule has 1 aromatic rings. The molecule has 1 rings (SSSR count). The molecule has 0 N–H and O–H groups in total. The second kappa shape index (κ2) is 5.95. The van der Waals surface area contributed by atoms with E-state index < -0.39 is 16.0 Å². The summed E-state index contributed by atoms with van der Waals surface area (Å²) in [5.41, 5.74) is 0. The Bertz CT molecular complexity index is 571. The van der Waals surface area contributed by atoms with Gasteiger partial charge >= 0.3 is 5.97 Å². The van der Waals surface area contributed by atoms with Gasteiger partial charge in [-0.2, -0.15) is 9.57 Å². The highest BCUT2D eigenvalue weighted by atomic mass is 32.2. The van der Waals surface area contributed by atoms with Gasteiger partial charge in [0.25, 0.3) is 10.0 Å². The maximum Gasteiger partial charge on any atom is 0.321 e. The summed E-state index contributed by atoms with van der Waals surface area (Å²) in [7, 11) is -2.55. The zero-order valence-electron chi connectivity index (χ0n) is 9.91. The number of methoxy groups -OCH3 is 1. The smallest absolute Gasteiger partial charge is 0.321 e. The van der Waals surface area contributed by atoms with Crippen LogP contribution in [0.2, 0.25) is 0 Å². The molecule has 0 amide bonds. The van der Waals surface area contributed by atoms with Gasteiger partial charge in [-0.3, -0.25) is 4.79 Å². The topological polar surface area (TPSA) is 87.5 Å². The maximum absolute atomic E-state index is 12.2. The number of likely N-dealkylation sites (N-methyl/N-ethyl adjacent to an activating group) is 1. The quantitative estimate of drug-likeness (QED) is 0.748. The molecule has 0 aliphatic rings. The third kappa shape index (κ3) is 3.07. The first-order valence-electron chi connectivity index (χ1n) is 5.02. The summed E-state index contributed by atoms with van der Waals surface area (Å²) in [6.07, 6.45) is 0. The number of hydrogen-bond acceptors (Lipinski definition) is 6. The van der Waals surface area contributed by atoms with E-state index in [9.17, 15) is 13.2 Å². The summed E-state index contributed by atoms with van der Waals surface area (Å²) in [6, 6.07) is 4.67. The third-order valence-corrected chi connectivity index (χ3v) is 5.55. The van der Waals surface area contributed by atoms with Crippen LogP contribution in [0.5, 0.6) is 0 Å². The molecule has 0 saturated heterocycles. The first-order chi connectivity index (χ1) is 8.45. The lowest BCUT2D eigenvalue weighted by Gasteiger charge is -2.17. The molecule has 98 valence electrons. The Morgan fingerprint density at radius 2 is 2.22 bits per heavy atom. The number of carbonyl (C=O) groups excluding carboxylic acids is 1. The average molecular weight is 288 g/mol. The Balaban J connectivity index is 3.03. The van der Waals surface area contributed by atoms with Crippen molar-refractivity contribution in [3.63, 3.8) is 0 Å². The summed E-state index contributed by atoms with van der Waals surface area (Å²) >= 11 is 0.875. The van der Waals surface area contributed by atoms with Crippen LogP contribution in [0.15, 0.2) is 16.3 Å². The molecule has 0 saturated carbocycles. The maximum atomic E-state index is 12.2. The fraction of sp³-hybridized carbons (Fsp3) is 0.400. The van der Waals surface area contributed by atoms with E-state index in [0.29, 0.717) is 4.88 Å². The lowest BCUT2D eigenvalue weighted by molar-refractivity contribution is -0.140. The van der Waals surface area contributed by atoms with E-state index in [1.807, 2.05) is 6.07 Å². The molecular weight excluding hydrogens is 276 g/mol. The van der Waals surface area contributed by atoms with Crippen molar-refractivity contribution < 1.29 is 17.9 Å². The van der Waals surface area contributed by atoms with Crippen LogP contribution in [-0.2, 0) is 19.6 Å². The molecule has 0 aliphatic carbocycles. The number of ether oxygens (including phenoxy) is 1. The minimum absolute atomic E-state index is 0.0461. The molecule has 0 aromatic carbocycles. The van der Waals surface area contributed by atoms with Crippen LogP contribution >= 0.6 is 11.3 Å². The number of nitrogens with zero attached hydrogens (tertiary/aromatic N) is 2. The van der Waals surface area contributed by atoms with Gasteiger partial charge in [0.2, 0.25) is 0 Å². The lowest BCUT2D eigenvalue weighted by Crippen LogP contribution is -2.35. The van der Waals surface area contributed by atoms with Crippen molar-refractivity contribution in [3.05, 3.63) is 17.0 Å². The molecule has 0 atom stereocenters. The van der Waals surface area contributed by atoms with Crippen LogP contribution in [0.1, 0.15) is 11.8 Å². The third-order valence-electron chi connectivity index (χ3n) is 2.17. The number of carbonyl (C=O) groups is 1. The number of hydrogen-bond donors (Lipinski definition) is 0. The van der Waals surface area contributed by atoms with E-state index in [1.165, 1.54) is 19.2 Å². The van der Waals surface area contributed by atoms with Crippen molar-refractivity contribution in [2.45, 2.75) is 11.1 Å². The second-order valence-electron chi connectivity index (χ2n) is 3.24. The number of nitriles is 1. The summed E-state index contributed by atoms with van der Waals surface area (Å²) in [6.45, 7) is 1.44. The van der Waals surface area contributed by atoms with Crippen LogP contribution < -0.4 is 0 Å². The van der Waals surface area contributed by atoms with Gasteiger partial charge in [-0.15, -0.1) is 11.3 Å². The second-order valence-corrected chi connectivity index (χ2v) is 6.49. The number of thiophene rings is 1. The fourth-order valence-electron chi connectivity index (χ4n) is 1.22. The van der Waals surface area contributed by atoms with Gasteiger partial charge in [-0.05, 0) is 12.1 Å². The van der Waals surface area contributed by atoms with Crippen LogP contribution in [0, 0.1) is 11.3 Å². The van der Waals surface area contributed by atoms with Gasteiger partial charge in [-0.1, -0.05) is 6.92 Å². The summed E-state index contributed by atoms with van der Waals surface area (Å²) in [5.74, 6) is -0.627. The number of rotatable bonds is 5. The highest BCUT2D eigenvalue weighted by Crippen LogP contribution is 2.24. The van der Waals surface area contributed by atoms with E-state index in [2.05, 4.69) is 4.74 Å². The van der Waals surface area contributed by atoms with Gasteiger partial charge in [-0.25, -0.2) is 8.42 Å². The zero-order chi connectivity index (χ0) is 13.8. The normalized spacial score (nSPS) is 11.2. The van der Waals surface area contributed by atoms with Gasteiger partial charge in [0, 0.05) is 6.54 Å². The fourth-order valence-corrected chi connectivity index (χ4v) is 3.87. The molecule has 18 heavy (non-hydrogen) atoms. The minimum Gasteiger partial charge on any atom is -0.468 e. The lowest BCUT2D eigenvalue weighted by atomic mass is 10.5. The number of sulfonamides is 1. The molecule has 1 heterocycles. The molecule has 0 radical (unpaired) electrons. The largest absolute Gasteiger partial charge is 0.468 e. The predicted octanol–water partition coefficient (Wildman–Crippen LogP) is 0.803. The van der Waals surface area contributed by atoms with E-state index in [1.54, 1.807) is 6.92 Å². The Morgan fingerprint density at radius 1 is 1.56 bits per heavy atom. The zero-order valence-corrected chi connectivity index (χ0v) is 11.5. The molecule has 8 heteroatoms. The van der Waals surface area contributed by atoms with Crippen molar-refractivity contribution in [2.75, 3.05) is 20.2 Å². The van der Waals surface area contributed by atoms with Crippen LogP contribution in [0.3, 0.4) is 0 Å². The Labute approximate surface area is 109 Å². The molecule has 0 spiro atoms. The monoisotopic (exact) mass is 288 g/mol. The van der Waals surface area contributed by atoms with E-state index in [-0.39, 0.29) is 17.3 Å². The Kier molecular flexibility index (Phi) is 4.84. The van der Waals surface area contributed by atoms with Gasteiger partial charge in [0.15, 0.2) is 0 Å². The highest BCUT2D eigenvalue weighted by molar-refractivity contribution is 7.91. The molecule has 1 aromatic heterocycles. The predicted molar refractivity (Wildman–Crippen MR) is 65.5 cm³/mol. The molecule has 0 aliphatic heterocycles. The Hall–Kier alpha value is -1.43. The standard InChI is InChI=1S/C10H12N2O4S2/c1-3-12(7-9(13)16-2)18(14,15)10-5-4-8(6-11)17-10/h4-5H,3,7H2,1-2H3. The summed E-state index contributed by atoms with van der Waals surface area (Å²) < 4.78 is 29.8. The molecule has 0 unspecified atom stereocenters. The first-order valence-corrected chi connectivity index (χ1v) is 7.28. The Morgan fingerprint density at radius 3 is 2.67 bits per heavy atom. The van der Waals surface area contributed by atoms with Crippen molar-refractivity contribution in [1.29, 1.82) is 5.26 Å². The van der Waals surface area contributed by atoms with Crippen molar-refractivity contribution in [2.24, 2.45) is 0 Å². The summed E-state index contributed by atoms with van der Waals surface area (Å²) in [4.78, 5) is 11.5. The van der Waals surface area contributed by atoms with E-state index in [0.717, 1.165) is 15.6 Å².